The lowest BCUT2D eigenvalue weighted by molar-refractivity contribution is -0.131. The van der Waals surface area contributed by atoms with Crippen molar-refractivity contribution in [2.75, 3.05) is 7.11 Å². The van der Waals surface area contributed by atoms with Crippen LogP contribution in [0.3, 0.4) is 0 Å². The zero-order valence-corrected chi connectivity index (χ0v) is 17.0. The number of hydrogen-bond acceptors (Lipinski definition) is 6. The SMILES string of the molecule is COc1ccc(C=C(Sc2ncnc3scc(-c4ccccc4)c23)C(=O)O)cc1. The Hall–Kier alpha value is -3.16. The largest absolute Gasteiger partial charge is 0.497 e. The Morgan fingerprint density at radius 2 is 1.86 bits per heavy atom. The normalized spacial score (nSPS) is 11.6. The summed E-state index contributed by atoms with van der Waals surface area (Å²) in [5.74, 6) is -0.288. The Bertz CT molecular complexity index is 1190. The van der Waals surface area contributed by atoms with Crippen LogP contribution in [0.4, 0.5) is 0 Å². The van der Waals surface area contributed by atoms with Crippen molar-refractivity contribution in [1.29, 1.82) is 0 Å². The summed E-state index contributed by atoms with van der Waals surface area (Å²) in [7, 11) is 1.59. The molecule has 0 unspecified atom stereocenters. The molecule has 0 atom stereocenters. The van der Waals surface area contributed by atoms with Crippen LogP contribution >= 0.6 is 23.1 Å². The average Bonchev–Trinajstić information content (AvgIpc) is 3.19. The third-order valence-electron chi connectivity index (χ3n) is 4.25. The van der Waals surface area contributed by atoms with E-state index >= 15 is 0 Å². The highest BCUT2D eigenvalue weighted by atomic mass is 32.2. The summed E-state index contributed by atoms with van der Waals surface area (Å²) in [5.41, 5.74) is 2.82. The highest BCUT2D eigenvalue weighted by Crippen LogP contribution is 2.40. The first-order valence-corrected chi connectivity index (χ1v) is 10.4. The molecular formula is C22H16N2O3S2. The van der Waals surface area contributed by atoms with E-state index in [1.54, 1.807) is 25.3 Å². The first kappa shape index (κ1) is 19.2. The molecule has 1 N–H and O–H groups in total. The van der Waals surface area contributed by atoms with Gasteiger partial charge in [-0.05, 0) is 29.3 Å². The minimum atomic E-state index is -1.01. The van der Waals surface area contributed by atoms with Gasteiger partial charge in [0.15, 0.2) is 0 Å². The lowest BCUT2D eigenvalue weighted by atomic mass is 10.1. The Kier molecular flexibility index (Phi) is 5.59. The number of nitrogens with zero attached hydrogens (tertiary/aromatic N) is 2. The number of methoxy groups -OCH3 is 1. The number of ether oxygens (including phenoxy) is 1. The van der Waals surface area contributed by atoms with Crippen LogP contribution in [0.25, 0.3) is 27.4 Å². The quantitative estimate of drug-likeness (QED) is 0.249. The molecule has 4 aromatic rings. The van der Waals surface area contributed by atoms with Crippen molar-refractivity contribution >= 4 is 45.4 Å². The zero-order valence-electron chi connectivity index (χ0n) is 15.4. The van der Waals surface area contributed by atoms with E-state index in [4.69, 9.17) is 4.74 Å². The van der Waals surface area contributed by atoms with Crippen LogP contribution in [0.5, 0.6) is 5.75 Å². The molecule has 0 aliphatic heterocycles. The van der Waals surface area contributed by atoms with Gasteiger partial charge in [0, 0.05) is 10.9 Å². The van der Waals surface area contributed by atoms with Crippen LogP contribution in [0.15, 0.2) is 76.2 Å². The molecule has 2 heterocycles. The molecule has 2 aromatic heterocycles. The van der Waals surface area contributed by atoms with E-state index in [1.165, 1.54) is 17.7 Å². The van der Waals surface area contributed by atoms with Crippen LogP contribution in [0.2, 0.25) is 0 Å². The van der Waals surface area contributed by atoms with E-state index in [1.807, 2.05) is 47.8 Å². The Morgan fingerprint density at radius 1 is 1.10 bits per heavy atom. The van der Waals surface area contributed by atoms with Gasteiger partial charge in [-0.1, -0.05) is 54.2 Å². The van der Waals surface area contributed by atoms with Crippen LogP contribution in [-0.4, -0.2) is 28.2 Å². The van der Waals surface area contributed by atoms with E-state index in [-0.39, 0.29) is 4.91 Å². The average molecular weight is 421 g/mol. The molecule has 0 radical (unpaired) electrons. The van der Waals surface area contributed by atoms with Crippen LogP contribution in [0, 0.1) is 0 Å². The highest BCUT2D eigenvalue weighted by Gasteiger charge is 2.17. The number of fused-ring (bicyclic) bond motifs is 1. The van der Waals surface area contributed by atoms with Crippen molar-refractivity contribution in [1.82, 2.24) is 9.97 Å². The second kappa shape index (κ2) is 8.46. The predicted molar refractivity (Wildman–Crippen MR) is 117 cm³/mol. The molecule has 7 heteroatoms. The molecule has 0 aliphatic carbocycles. The molecule has 0 bridgehead atoms. The van der Waals surface area contributed by atoms with E-state index in [2.05, 4.69) is 9.97 Å². The number of hydrogen-bond donors (Lipinski definition) is 1. The molecule has 5 nitrogen and oxygen atoms in total. The number of benzene rings is 2. The highest BCUT2D eigenvalue weighted by molar-refractivity contribution is 8.04. The van der Waals surface area contributed by atoms with Crippen LogP contribution < -0.4 is 4.74 Å². The van der Waals surface area contributed by atoms with E-state index in [9.17, 15) is 9.90 Å². The summed E-state index contributed by atoms with van der Waals surface area (Å²) in [6, 6.07) is 17.2. The van der Waals surface area contributed by atoms with Gasteiger partial charge in [-0.25, -0.2) is 14.8 Å². The summed E-state index contributed by atoms with van der Waals surface area (Å²) in [5, 5.41) is 13.3. The summed E-state index contributed by atoms with van der Waals surface area (Å²) in [4.78, 5) is 21.7. The molecule has 0 spiro atoms. The second-order valence-electron chi connectivity index (χ2n) is 6.06. The third kappa shape index (κ3) is 4.16. The Balaban J connectivity index is 1.76. The Labute approximate surface area is 175 Å². The number of thiophene rings is 1. The number of rotatable bonds is 6. The number of carbonyl (C=O) groups is 1. The monoisotopic (exact) mass is 420 g/mol. The van der Waals surface area contributed by atoms with Gasteiger partial charge in [0.1, 0.15) is 21.9 Å². The van der Waals surface area contributed by atoms with Gasteiger partial charge in [0.2, 0.25) is 0 Å². The smallest absolute Gasteiger partial charge is 0.342 e. The molecule has 2 aromatic carbocycles. The molecule has 0 saturated heterocycles. The van der Waals surface area contributed by atoms with Crippen molar-refractivity contribution in [2.45, 2.75) is 5.03 Å². The topological polar surface area (TPSA) is 72.3 Å². The van der Waals surface area contributed by atoms with Crippen molar-refractivity contribution in [3.63, 3.8) is 0 Å². The van der Waals surface area contributed by atoms with Gasteiger partial charge < -0.3 is 9.84 Å². The minimum Gasteiger partial charge on any atom is -0.497 e. The maximum atomic E-state index is 11.9. The van der Waals surface area contributed by atoms with Gasteiger partial charge in [0.05, 0.1) is 17.4 Å². The first-order valence-electron chi connectivity index (χ1n) is 8.70. The molecule has 144 valence electrons. The van der Waals surface area contributed by atoms with E-state index in [0.717, 1.165) is 44.4 Å². The number of aliphatic carboxylic acids is 1. The van der Waals surface area contributed by atoms with Crippen molar-refractivity contribution in [3.8, 4) is 16.9 Å². The fraction of sp³-hybridized carbons (Fsp3) is 0.0455. The molecular weight excluding hydrogens is 404 g/mol. The lowest BCUT2D eigenvalue weighted by Crippen LogP contribution is -1.98. The third-order valence-corrected chi connectivity index (χ3v) is 6.15. The van der Waals surface area contributed by atoms with Crippen LogP contribution in [-0.2, 0) is 4.79 Å². The maximum Gasteiger partial charge on any atom is 0.342 e. The Morgan fingerprint density at radius 3 is 2.55 bits per heavy atom. The summed E-state index contributed by atoms with van der Waals surface area (Å²) < 4.78 is 5.15. The standard InChI is InChI=1S/C22H16N2O3S2/c1-27-16-9-7-14(8-10-16)11-18(22(25)26)29-21-19-17(15-5-3-2-4-6-15)12-28-20(19)23-13-24-21/h2-13H,1H3,(H,25,26). The number of aromatic nitrogens is 2. The molecule has 4 rings (SSSR count). The predicted octanol–water partition coefficient (Wildman–Crippen LogP) is 5.58. The number of carboxylic acids is 1. The van der Waals surface area contributed by atoms with Gasteiger partial charge in [-0.2, -0.15) is 0 Å². The zero-order chi connectivity index (χ0) is 20.2. The van der Waals surface area contributed by atoms with Gasteiger partial charge in [0.25, 0.3) is 0 Å². The number of thioether (sulfide) groups is 1. The first-order chi connectivity index (χ1) is 14.2. The number of carboxylic acid groups (broad SMARTS) is 1. The van der Waals surface area contributed by atoms with Crippen molar-refractivity contribution in [2.24, 2.45) is 0 Å². The lowest BCUT2D eigenvalue weighted by Gasteiger charge is -2.06. The van der Waals surface area contributed by atoms with Crippen LogP contribution in [0.1, 0.15) is 5.56 Å². The second-order valence-corrected chi connectivity index (χ2v) is 7.95. The van der Waals surface area contributed by atoms with Crippen molar-refractivity contribution in [3.05, 3.63) is 76.8 Å². The van der Waals surface area contributed by atoms with Gasteiger partial charge in [-0.15, -0.1) is 11.3 Å². The molecule has 0 amide bonds. The van der Waals surface area contributed by atoms with E-state index in [0.29, 0.717) is 5.03 Å². The molecule has 0 saturated carbocycles. The molecule has 0 fully saturated rings. The van der Waals surface area contributed by atoms with Crippen molar-refractivity contribution < 1.29 is 14.6 Å². The summed E-state index contributed by atoms with van der Waals surface area (Å²) in [6.07, 6.45) is 3.11. The maximum absolute atomic E-state index is 11.9. The fourth-order valence-electron chi connectivity index (χ4n) is 2.85. The molecule has 29 heavy (non-hydrogen) atoms. The van der Waals surface area contributed by atoms with Gasteiger partial charge in [-0.3, -0.25) is 0 Å². The summed E-state index contributed by atoms with van der Waals surface area (Å²) in [6.45, 7) is 0. The fourth-order valence-corrected chi connectivity index (χ4v) is 4.73. The van der Waals surface area contributed by atoms with Gasteiger partial charge >= 0.3 is 5.97 Å². The molecule has 0 aliphatic rings. The summed E-state index contributed by atoms with van der Waals surface area (Å²) >= 11 is 2.65. The minimum absolute atomic E-state index is 0.181. The van der Waals surface area contributed by atoms with E-state index < -0.39 is 5.97 Å².